The van der Waals surface area contributed by atoms with E-state index in [9.17, 15) is 4.79 Å². The fourth-order valence-electron chi connectivity index (χ4n) is 1.57. The van der Waals surface area contributed by atoms with Gasteiger partial charge in [0.2, 0.25) is 0 Å². The van der Waals surface area contributed by atoms with Gasteiger partial charge in [-0.1, -0.05) is 17.4 Å². The molecule has 0 aliphatic heterocycles. The summed E-state index contributed by atoms with van der Waals surface area (Å²) in [4.78, 5) is 15.0. The van der Waals surface area contributed by atoms with Crippen LogP contribution in [0.2, 0.25) is 0 Å². The highest BCUT2D eigenvalue weighted by Gasteiger charge is 2.14. The van der Waals surface area contributed by atoms with Crippen molar-refractivity contribution in [2.75, 3.05) is 0 Å². The first-order valence-corrected chi connectivity index (χ1v) is 5.16. The van der Waals surface area contributed by atoms with Crippen LogP contribution in [0.4, 0.5) is 0 Å². The first-order chi connectivity index (χ1) is 8.22. The Labute approximate surface area is 98.8 Å². The molecule has 0 radical (unpaired) electrons. The Morgan fingerprint density at radius 2 is 2.41 bits per heavy atom. The quantitative estimate of drug-likeness (QED) is 0.590. The lowest BCUT2D eigenvalue weighted by Gasteiger charge is -2.05. The molecule has 2 rings (SSSR count). The van der Waals surface area contributed by atoms with Crippen molar-refractivity contribution in [3.8, 4) is 11.3 Å². The molecule has 0 amide bonds. The van der Waals surface area contributed by atoms with E-state index in [0.29, 0.717) is 24.2 Å². The monoisotopic (exact) mass is 228 g/mol. The third-order valence-corrected chi connectivity index (χ3v) is 2.23. The Morgan fingerprint density at radius 3 is 3.00 bits per heavy atom. The zero-order chi connectivity index (χ0) is 12.3. The van der Waals surface area contributed by atoms with Crippen molar-refractivity contribution < 1.29 is 4.79 Å². The lowest BCUT2D eigenvalue weighted by atomic mass is 10.1. The smallest absolute Gasteiger partial charge is 0.172 e. The second-order valence-electron chi connectivity index (χ2n) is 3.80. The molecular weight excluding hydrogens is 216 g/mol. The van der Waals surface area contributed by atoms with Gasteiger partial charge in [-0.05, 0) is 19.1 Å². The van der Waals surface area contributed by atoms with Crippen LogP contribution in [0.15, 0.2) is 36.7 Å². The lowest BCUT2D eigenvalue weighted by Crippen LogP contribution is -2.03. The van der Waals surface area contributed by atoms with Gasteiger partial charge in [0.15, 0.2) is 12.0 Å². The van der Waals surface area contributed by atoms with Gasteiger partial charge in [-0.15, -0.1) is 5.10 Å². The van der Waals surface area contributed by atoms with Gasteiger partial charge in [-0.25, -0.2) is 4.68 Å². The molecule has 0 fully saturated rings. The van der Waals surface area contributed by atoms with Gasteiger partial charge < -0.3 is 0 Å². The summed E-state index contributed by atoms with van der Waals surface area (Å²) in [5, 5.41) is 7.79. The van der Waals surface area contributed by atoms with Gasteiger partial charge in [-0.3, -0.25) is 9.78 Å². The highest BCUT2D eigenvalue weighted by atomic mass is 16.1. The van der Waals surface area contributed by atoms with Gasteiger partial charge in [0.1, 0.15) is 5.69 Å². The van der Waals surface area contributed by atoms with Crippen molar-refractivity contribution in [3.63, 3.8) is 0 Å². The van der Waals surface area contributed by atoms with Crippen LogP contribution in [0.3, 0.4) is 0 Å². The van der Waals surface area contributed by atoms with Crippen molar-refractivity contribution in [3.05, 3.63) is 42.4 Å². The Bertz CT molecular complexity index is 545. The average Bonchev–Trinajstić information content (AvgIpc) is 2.72. The number of rotatable bonds is 4. The van der Waals surface area contributed by atoms with Gasteiger partial charge in [0, 0.05) is 18.0 Å². The number of carbonyl (C=O) groups is 1. The summed E-state index contributed by atoms with van der Waals surface area (Å²) >= 11 is 0. The summed E-state index contributed by atoms with van der Waals surface area (Å²) in [5.41, 5.74) is 2.76. The highest BCUT2D eigenvalue weighted by Crippen LogP contribution is 2.20. The first kappa shape index (κ1) is 11.2. The van der Waals surface area contributed by atoms with Crippen LogP contribution < -0.4 is 0 Å². The number of hydrogen-bond donors (Lipinski definition) is 0. The highest BCUT2D eigenvalue weighted by molar-refractivity contribution is 5.82. The second-order valence-corrected chi connectivity index (χ2v) is 3.80. The van der Waals surface area contributed by atoms with Crippen LogP contribution in [-0.2, 0) is 6.54 Å². The molecule has 0 aromatic carbocycles. The predicted molar refractivity (Wildman–Crippen MR) is 63.5 cm³/mol. The predicted octanol–water partition coefficient (Wildman–Crippen LogP) is 1.73. The lowest BCUT2D eigenvalue weighted by molar-refractivity contribution is 0.111. The first-order valence-electron chi connectivity index (χ1n) is 5.16. The molecule has 0 saturated heterocycles. The van der Waals surface area contributed by atoms with E-state index in [0.717, 1.165) is 11.1 Å². The maximum atomic E-state index is 10.9. The third kappa shape index (κ3) is 2.28. The molecule has 86 valence electrons. The van der Waals surface area contributed by atoms with Gasteiger partial charge in [-0.2, -0.15) is 0 Å². The van der Waals surface area contributed by atoms with Gasteiger partial charge >= 0.3 is 0 Å². The van der Waals surface area contributed by atoms with Crippen LogP contribution >= 0.6 is 0 Å². The van der Waals surface area contributed by atoms with Crippen LogP contribution in [-0.4, -0.2) is 26.3 Å². The summed E-state index contributed by atoms with van der Waals surface area (Å²) in [6, 6.07) is 3.68. The van der Waals surface area contributed by atoms with Crippen molar-refractivity contribution in [2.24, 2.45) is 0 Å². The van der Waals surface area contributed by atoms with Crippen molar-refractivity contribution in [2.45, 2.75) is 13.5 Å². The number of aldehydes is 1. The number of carbonyl (C=O) groups excluding carboxylic acids is 1. The minimum atomic E-state index is 0.319. The standard InChI is InChI=1S/C12H12N4O/c1-9(2)7-16-12(11(8-17)14-15-16)10-4-3-5-13-6-10/h3-6,8H,1,7H2,2H3. The van der Waals surface area contributed by atoms with E-state index in [1.54, 1.807) is 17.1 Å². The second kappa shape index (κ2) is 4.69. The molecule has 2 aromatic rings. The van der Waals surface area contributed by atoms with E-state index in [2.05, 4.69) is 21.9 Å². The Kier molecular flexibility index (Phi) is 3.09. The minimum absolute atomic E-state index is 0.319. The average molecular weight is 228 g/mol. The van der Waals surface area contributed by atoms with Crippen molar-refractivity contribution >= 4 is 6.29 Å². The Morgan fingerprint density at radius 1 is 1.59 bits per heavy atom. The largest absolute Gasteiger partial charge is 0.296 e. The molecule has 0 aliphatic carbocycles. The van der Waals surface area contributed by atoms with Crippen molar-refractivity contribution in [1.82, 2.24) is 20.0 Å². The zero-order valence-corrected chi connectivity index (χ0v) is 9.50. The maximum absolute atomic E-state index is 10.9. The molecule has 0 atom stereocenters. The summed E-state index contributed by atoms with van der Waals surface area (Å²) in [7, 11) is 0. The fourth-order valence-corrected chi connectivity index (χ4v) is 1.57. The molecule has 0 spiro atoms. The summed E-state index contributed by atoms with van der Waals surface area (Å²) in [6.07, 6.45) is 4.06. The third-order valence-electron chi connectivity index (χ3n) is 2.23. The van der Waals surface area contributed by atoms with Gasteiger partial charge in [0.25, 0.3) is 0 Å². The summed E-state index contributed by atoms with van der Waals surface area (Å²) in [6.45, 7) is 6.26. The van der Waals surface area contributed by atoms with E-state index in [1.807, 2.05) is 19.1 Å². The van der Waals surface area contributed by atoms with Crippen LogP contribution in [0, 0.1) is 0 Å². The number of aromatic nitrogens is 4. The van der Waals surface area contributed by atoms with E-state index >= 15 is 0 Å². The number of nitrogens with zero attached hydrogens (tertiary/aromatic N) is 4. The molecule has 0 aliphatic rings. The van der Waals surface area contributed by atoms with Crippen LogP contribution in [0.5, 0.6) is 0 Å². The molecular formula is C12H12N4O. The Hall–Kier alpha value is -2.30. The summed E-state index contributed by atoms with van der Waals surface area (Å²) < 4.78 is 1.66. The van der Waals surface area contributed by atoms with Crippen molar-refractivity contribution in [1.29, 1.82) is 0 Å². The fraction of sp³-hybridized carbons (Fsp3) is 0.167. The molecule has 5 nitrogen and oxygen atoms in total. The van der Waals surface area contributed by atoms with E-state index in [4.69, 9.17) is 0 Å². The van der Waals surface area contributed by atoms with Crippen LogP contribution in [0.25, 0.3) is 11.3 Å². The maximum Gasteiger partial charge on any atom is 0.172 e. The number of pyridine rings is 1. The van der Waals surface area contributed by atoms with Crippen LogP contribution in [0.1, 0.15) is 17.4 Å². The zero-order valence-electron chi connectivity index (χ0n) is 9.50. The molecule has 2 heterocycles. The molecule has 0 saturated carbocycles. The molecule has 0 unspecified atom stereocenters. The summed E-state index contributed by atoms with van der Waals surface area (Å²) in [5.74, 6) is 0. The molecule has 0 N–H and O–H groups in total. The van der Waals surface area contributed by atoms with Gasteiger partial charge in [0.05, 0.1) is 6.54 Å². The normalized spacial score (nSPS) is 10.2. The number of allylic oxidation sites excluding steroid dienone is 1. The SMILES string of the molecule is C=C(C)Cn1nnc(C=O)c1-c1cccnc1. The molecule has 0 bridgehead atoms. The Balaban J connectivity index is 2.53. The number of hydrogen-bond acceptors (Lipinski definition) is 4. The van der Waals surface area contributed by atoms with E-state index < -0.39 is 0 Å². The van der Waals surface area contributed by atoms with E-state index in [1.165, 1.54) is 0 Å². The molecule has 5 heteroatoms. The van der Waals surface area contributed by atoms with E-state index in [-0.39, 0.29) is 0 Å². The minimum Gasteiger partial charge on any atom is -0.296 e. The molecule has 2 aromatic heterocycles. The molecule has 17 heavy (non-hydrogen) atoms. The topological polar surface area (TPSA) is 60.7 Å².